The van der Waals surface area contributed by atoms with Gasteiger partial charge in [0.2, 0.25) is 0 Å². The molecule has 2 saturated heterocycles. The van der Waals surface area contributed by atoms with Crippen LogP contribution in [0.2, 0.25) is 39.3 Å². The van der Waals surface area contributed by atoms with Crippen LogP contribution in [0.3, 0.4) is 0 Å². The van der Waals surface area contributed by atoms with Crippen LogP contribution >= 0.6 is 18.5 Å². The molecule has 4 aliphatic carbocycles. The number of hydrogen-bond acceptors (Lipinski definition) is 4. The van der Waals surface area contributed by atoms with Crippen molar-refractivity contribution >= 4 is 45.0 Å². The summed E-state index contributed by atoms with van der Waals surface area (Å²) in [6, 6.07) is 5.69. The standard InChI is InChI=1S/C32H58N4P2Si2/c1-39(2,3)27-16-24(31-18-21-13-22(19-31)15-23(14-21)26(31)20-37)25(17-28(27)40(4,5)6)32(38,29-33-9-7-10-34-29)30-35-11-8-12-36-30/h16-17,21-23,26,29-30,33-36H,7-15,18-20,37-38H2,1-6H3. The summed E-state index contributed by atoms with van der Waals surface area (Å²) >= 11 is 0. The molecule has 1 aromatic carbocycles. The van der Waals surface area contributed by atoms with Gasteiger partial charge in [0.05, 0.1) is 33.6 Å². The highest BCUT2D eigenvalue weighted by Gasteiger charge is 2.59. The van der Waals surface area contributed by atoms with E-state index in [1.807, 2.05) is 0 Å². The van der Waals surface area contributed by atoms with E-state index in [-0.39, 0.29) is 17.5 Å². The van der Waals surface area contributed by atoms with E-state index in [1.165, 1.54) is 51.1 Å². The summed E-state index contributed by atoms with van der Waals surface area (Å²) in [5, 5.41) is 19.3. The lowest BCUT2D eigenvalue weighted by Gasteiger charge is -2.63. The lowest BCUT2D eigenvalue weighted by atomic mass is 9.43. The molecule has 0 amide bonds. The molecule has 5 unspecified atom stereocenters. The summed E-state index contributed by atoms with van der Waals surface area (Å²) in [6.07, 6.45) is 11.4. The van der Waals surface area contributed by atoms with Crippen LogP contribution in [0.25, 0.3) is 0 Å². The summed E-state index contributed by atoms with van der Waals surface area (Å²) in [4.78, 5) is 0. The molecular formula is C32H58N4P2Si2. The number of nitrogens with one attached hydrogen (secondary N) is 4. The highest BCUT2D eigenvalue weighted by atomic mass is 31.0. The number of benzene rings is 1. The van der Waals surface area contributed by atoms with Crippen molar-refractivity contribution in [2.75, 3.05) is 32.3 Å². The van der Waals surface area contributed by atoms with Crippen molar-refractivity contribution in [3.63, 3.8) is 0 Å². The SMILES string of the molecule is C[Si](C)(C)c1cc(C23CC4CC(CC(C4)C2CP)C3)c(C(P)(C2NCCCN2)C2NCCCN2)cc1[Si](C)(C)C. The van der Waals surface area contributed by atoms with Gasteiger partial charge in [-0.2, -0.15) is 0 Å². The van der Waals surface area contributed by atoms with Crippen LogP contribution in [0.5, 0.6) is 0 Å². The zero-order valence-corrected chi connectivity index (χ0v) is 30.6. The number of hydrogen-bond donors (Lipinski definition) is 4. The second-order valence-electron chi connectivity index (χ2n) is 16.4. The Bertz CT molecular complexity index is 1060. The van der Waals surface area contributed by atoms with Crippen LogP contribution in [0.1, 0.15) is 56.1 Å². The van der Waals surface area contributed by atoms with Crippen molar-refractivity contribution in [1.29, 1.82) is 0 Å². The number of rotatable bonds is 7. The van der Waals surface area contributed by atoms with Crippen LogP contribution in [0.4, 0.5) is 0 Å². The van der Waals surface area contributed by atoms with Crippen molar-refractivity contribution in [2.45, 2.75) is 107 Å². The van der Waals surface area contributed by atoms with Crippen LogP contribution in [0.15, 0.2) is 12.1 Å². The molecule has 0 spiro atoms. The molecule has 4 N–H and O–H groups in total. The fourth-order valence-electron chi connectivity index (χ4n) is 10.1. The first-order valence-corrected chi connectivity index (χ1v) is 24.9. The third-order valence-corrected chi connectivity index (χ3v) is 17.4. The van der Waals surface area contributed by atoms with Crippen LogP contribution < -0.4 is 31.6 Å². The minimum absolute atomic E-state index is 0.169. The molecule has 4 saturated carbocycles. The van der Waals surface area contributed by atoms with E-state index in [1.54, 1.807) is 21.5 Å². The Hall–Kier alpha value is 0.354. The Morgan fingerprint density at radius 2 is 1.25 bits per heavy atom. The zero-order valence-electron chi connectivity index (χ0n) is 26.3. The molecule has 224 valence electrons. The zero-order chi connectivity index (χ0) is 28.5. The Morgan fingerprint density at radius 3 is 1.70 bits per heavy atom. The van der Waals surface area contributed by atoms with Gasteiger partial charge in [-0.25, -0.2) is 0 Å². The third kappa shape index (κ3) is 5.11. The third-order valence-electron chi connectivity index (χ3n) is 11.6. The lowest BCUT2D eigenvalue weighted by molar-refractivity contribution is -0.0525. The van der Waals surface area contributed by atoms with E-state index in [9.17, 15) is 0 Å². The molecule has 5 atom stereocenters. The topological polar surface area (TPSA) is 48.1 Å². The fraction of sp³-hybridized carbons (Fsp3) is 0.812. The van der Waals surface area contributed by atoms with Crippen LogP contribution in [-0.4, -0.2) is 60.8 Å². The van der Waals surface area contributed by atoms with E-state index >= 15 is 0 Å². The average Bonchev–Trinajstić information content (AvgIpc) is 2.91. The van der Waals surface area contributed by atoms with Gasteiger partial charge in [0.15, 0.2) is 0 Å². The summed E-state index contributed by atoms with van der Waals surface area (Å²) < 4.78 is 0. The quantitative estimate of drug-likeness (QED) is 0.274. The molecule has 6 aliphatic rings. The van der Waals surface area contributed by atoms with E-state index in [0.29, 0.717) is 5.41 Å². The predicted molar refractivity (Wildman–Crippen MR) is 186 cm³/mol. The summed E-state index contributed by atoms with van der Waals surface area (Å²) in [7, 11) is 3.58. The summed E-state index contributed by atoms with van der Waals surface area (Å²) in [5.74, 6) is 3.58. The minimum atomic E-state index is -1.59. The van der Waals surface area contributed by atoms with Gasteiger partial charge in [-0.15, -0.1) is 18.5 Å². The normalized spacial score (nSPS) is 34.0. The van der Waals surface area contributed by atoms with Crippen LogP contribution in [-0.2, 0) is 10.6 Å². The molecule has 1 aromatic rings. The molecule has 4 nitrogen and oxygen atoms in total. The van der Waals surface area contributed by atoms with Gasteiger partial charge in [0, 0.05) is 0 Å². The maximum absolute atomic E-state index is 3.99. The summed E-state index contributed by atoms with van der Waals surface area (Å²) in [6.45, 7) is 19.9. The van der Waals surface area contributed by atoms with Gasteiger partial charge >= 0.3 is 0 Å². The Morgan fingerprint density at radius 1 is 0.775 bits per heavy atom. The molecule has 2 aliphatic heterocycles. The average molecular weight is 617 g/mol. The van der Waals surface area contributed by atoms with Gasteiger partial charge in [-0.05, 0) is 118 Å². The first-order chi connectivity index (χ1) is 18.9. The van der Waals surface area contributed by atoms with E-state index < -0.39 is 16.1 Å². The Labute approximate surface area is 252 Å². The van der Waals surface area contributed by atoms with Crippen molar-refractivity contribution in [3.05, 3.63) is 23.3 Å². The van der Waals surface area contributed by atoms with Crippen molar-refractivity contribution in [1.82, 2.24) is 21.3 Å². The highest BCUT2D eigenvalue weighted by molar-refractivity contribution is 7.18. The Balaban J connectivity index is 1.64. The molecule has 0 radical (unpaired) electrons. The van der Waals surface area contributed by atoms with Gasteiger partial charge in [0.1, 0.15) is 0 Å². The maximum Gasteiger partial charge on any atom is 0.0774 e. The van der Waals surface area contributed by atoms with E-state index in [0.717, 1.165) is 49.9 Å². The van der Waals surface area contributed by atoms with Gasteiger partial charge in [0.25, 0.3) is 0 Å². The predicted octanol–water partition coefficient (Wildman–Crippen LogP) is 4.23. The van der Waals surface area contributed by atoms with E-state index in [2.05, 4.69) is 91.2 Å². The Kier molecular flexibility index (Phi) is 8.40. The monoisotopic (exact) mass is 616 g/mol. The van der Waals surface area contributed by atoms with Gasteiger partial charge in [-0.3, -0.25) is 0 Å². The first kappa shape index (κ1) is 30.4. The van der Waals surface area contributed by atoms with Gasteiger partial charge < -0.3 is 21.3 Å². The van der Waals surface area contributed by atoms with Crippen molar-refractivity contribution in [2.24, 2.45) is 23.7 Å². The molecule has 0 aromatic heterocycles. The molecule has 8 heteroatoms. The highest BCUT2D eigenvalue weighted by Crippen LogP contribution is 2.65. The largest absolute Gasteiger partial charge is 0.301 e. The molecule has 4 bridgehead atoms. The van der Waals surface area contributed by atoms with Gasteiger partial charge in [-0.1, -0.05) is 61.8 Å². The minimum Gasteiger partial charge on any atom is -0.301 e. The second kappa shape index (κ2) is 11.1. The molecule has 7 rings (SSSR count). The fourth-order valence-corrected chi connectivity index (χ4v) is 16.8. The molecule has 2 heterocycles. The molecular weight excluding hydrogens is 559 g/mol. The van der Waals surface area contributed by atoms with Crippen LogP contribution in [0, 0.1) is 23.7 Å². The maximum atomic E-state index is 3.99. The summed E-state index contributed by atoms with van der Waals surface area (Å²) in [5.41, 5.74) is 3.72. The molecule has 40 heavy (non-hydrogen) atoms. The first-order valence-electron chi connectivity index (χ1n) is 16.5. The van der Waals surface area contributed by atoms with E-state index in [4.69, 9.17) is 0 Å². The smallest absolute Gasteiger partial charge is 0.0774 e. The lowest BCUT2D eigenvalue weighted by Crippen LogP contribution is -2.70. The second-order valence-corrected chi connectivity index (χ2v) is 27.9. The van der Waals surface area contributed by atoms with Crippen molar-refractivity contribution in [3.8, 4) is 0 Å². The van der Waals surface area contributed by atoms with Crippen molar-refractivity contribution < 1.29 is 0 Å². The molecule has 6 fully saturated rings.